The van der Waals surface area contributed by atoms with Gasteiger partial charge in [0.05, 0.1) is 0 Å². The Labute approximate surface area is 175 Å². The normalized spacial score (nSPS) is 23.3. The molecule has 0 spiro atoms. The molecule has 1 aliphatic carbocycles. The third-order valence-electron chi connectivity index (χ3n) is 5.28. The van der Waals surface area contributed by atoms with E-state index >= 15 is 0 Å². The molecule has 6 heteroatoms. The molecule has 1 aromatic rings. The molecule has 5 nitrogen and oxygen atoms in total. The second kappa shape index (κ2) is 10.3. The van der Waals surface area contributed by atoms with Gasteiger partial charge in [0, 0.05) is 37.9 Å². The minimum Gasteiger partial charge on any atom is -0.356 e. The summed E-state index contributed by atoms with van der Waals surface area (Å²) in [6, 6.07) is 5.41. The van der Waals surface area contributed by atoms with Gasteiger partial charge in [-0.2, -0.15) is 0 Å². The first-order valence-electron chi connectivity index (χ1n) is 9.94. The monoisotopic (exact) mass is 471 g/mol. The summed E-state index contributed by atoms with van der Waals surface area (Å²) in [5, 5.41) is 7.30. The van der Waals surface area contributed by atoms with E-state index in [-0.39, 0.29) is 24.0 Å². The summed E-state index contributed by atoms with van der Waals surface area (Å²) < 4.78 is 0. The van der Waals surface area contributed by atoms with Crippen molar-refractivity contribution in [2.75, 3.05) is 24.5 Å². The number of halogens is 1. The SMILES string of the molecule is CCCC1CC1NC(=NCC)NC1CCN(c2ccc(C)cn2)CC1.I. The van der Waals surface area contributed by atoms with E-state index in [1.165, 1.54) is 24.8 Å². The van der Waals surface area contributed by atoms with Gasteiger partial charge in [-0.15, -0.1) is 24.0 Å². The van der Waals surface area contributed by atoms with Crippen molar-refractivity contribution in [2.45, 2.75) is 65.0 Å². The number of aryl methyl sites for hydroxylation is 1. The van der Waals surface area contributed by atoms with Gasteiger partial charge in [0.25, 0.3) is 0 Å². The molecule has 2 unspecified atom stereocenters. The second-order valence-corrected chi connectivity index (χ2v) is 7.46. The fourth-order valence-corrected chi connectivity index (χ4v) is 3.67. The Morgan fingerprint density at radius 3 is 2.62 bits per heavy atom. The fraction of sp³-hybridized carbons (Fsp3) is 0.700. The molecular weight excluding hydrogens is 437 g/mol. The predicted octanol–water partition coefficient (Wildman–Crippen LogP) is 3.72. The predicted molar refractivity (Wildman–Crippen MR) is 121 cm³/mol. The van der Waals surface area contributed by atoms with Gasteiger partial charge in [0.2, 0.25) is 0 Å². The average molecular weight is 471 g/mol. The van der Waals surface area contributed by atoms with Crippen molar-refractivity contribution in [1.82, 2.24) is 15.6 Å². The van der Waals surface area contributed by atoms with Crippen molar-refractivity contribution < 1.29 is 0 Å². The molecule has 1 aliphatic heterocycles. The molecule has 2 fully saturated rings. The first-order valence-corrected chi connectivity index (χ1v) is 9.94. The lowest BCUT2D eigenvalue weighted by molar-refractivity contribution is 0.458. The number of guanidine groups is 1. The van der Waals surface area contributed by atoms with Crippen LogP contribution in [0.4, 0.5) is 5.82 Å². The first-order chi connectivity index (χ1) is 12.2. The van der Waals surface area contributed by atoms with Crippen LogP contribution in [0.2, 0.25) is 0 Å². The molecule has 0 radical (unpaired) electrons. The topological polar surface area (TPSA) is 52.6 Å². The number of pyridine rings is 1. The maximum absolute atomic E-state index is 4.65. The zero-order valence-corrected chi connectivity index (χ0v) is 18.7. The first kappa shape index (κ1) is 21.3. The molecule has 2 heterocycles. The van der Waals surface area contributed by atoms with E-state index in [0.717, 1.165) is 50.2 Å². The minimum absolute atomic E-state index is 0. The Morgan fingerprint density at radius 2 is 2.00 bits per heavy atom. The number of piperidine rings is 1. The molecule has 0 bridgehead atoms. The van der Waals surface area contributed by atoms with Crippen LogP contribution >= 0.6 is 24.0 Å². The number of aromatic nitrogens is 1. The summed E-state index contributed by atoms with van der Waals surface area (Å²) in [6.45, 7) is 9.38. The van der Waals surface area contributed by atoms with E-state index < -0.39 is 0 Å². The summed E-state index contributed by atoms with van der Waals surface area (Å²) in [6.07, 6.45) is 8.13. The Kier molecular flexibility index (Phi) is 8.44. The summed E-state index contributed by atoms with van der Waals surface area (Å²) in [7, 11) is 0. The number of rotatable bonds is 6. The smallest absolute Gasteiger partial charge is 0.191 e. The van der Waals surface area contributed by atoms with Crippen LogP contribution in [0.5, 0.6) is 0 Å². The van der Waals surface area contributed by atoms with Crippen molar-refractivity contribution >= 4 is 35.8 Å². The van der Waals surface area contributed by atoms with Crippen LogP contribution < -0.4 is 15.5 Å². The van der Waals surface area contributed by atoms with Crippen molar-refractivity contribution in [3.8, 4) is 0 Å². The molecule has 2 N–H and O–H groups in total. The molecule has 1 saturated heterocycles. The van der Waals surface area contributed by atoms with Crippen LogP contribution in [0.25, 0.3) is 0 Å². The van der Waals surface area contributed by atoms with Crippen LogP contribution in [0.3, 0.4) is 0 Å². The third kappa shape index (κ3) is 5.99. The molecule has 26 heavy (non-hydrogen) atoms. The third-order valence-corrected chi connectivity index (χ3v) is 5.28. The maximum Gasteiger partial charge on any atom is 0.191 e. The lowest BCUT2D eigenvalue weighted by Crippen LogP contribution is -2.49. The summed E-state index contributed by atoms with van der Waals surface area (Å²) in [5.41, 5.74) is 1.22. The molecule has 2 atom stereocenters. The lowest BCUT2D eigenvalue weighted by atomic mass is 10.1. The van der Waals surface area contributed by atoms with E-state index in [1.807, 2.05) is 6.20 Å². The standard InChI is InChI=1S/C20H33N5.HI/c1-4-6-16-13-18(16)24-20(21-5-2)23-17-9-11-25(12-10-17)19-8-7-15(3)14-22-19;/h7-8,14,16-18H,4-6,9-13H2,1-3H3,(H2,21,23,24);1H. The van der Waals surface area contributed by atoms with E-state index in [0.29, 0.717) is 12.1 Å². The van der Waals surface area contributed by atoms with Crippen LogP contribution in [0.1, 0.15) is 51.5 Å². The fourth-order valence-electron chi connectivity index (χ4n) is 3.67. The van der Waals surface area contributed by atoms with Gasteiger partial charge in [-0.1, -0.05) is 19.4 Å². The Bertz CT molecular complexity index is 566. The summed E-state index contributed by atoms with van der Waals surface area (Å²) >= 11 is 0. The van der Waals surface area contributed by atoms with Gasteiger partial charge in [0.1, 0.15) is 5.82 Å². The highest BCUT2D eigenvalue weighted by Crippen LogP contribution is 2.34. The van der Waals surface area contributed by atoms with Gasteiger partial charge in [-0.3, -0.25) is 4.99 Å². The second-order valence-electron chi connectivity index (χ2n) is 7.46. The van der Waals surface area contributed by atoms with Gasteiger partial charge in [-0.25, -0.2) is 4.98 Å². The molecule has 1 saturated carbocycles. The van der Waals surface area contributed by atoms with Crippen LogP contribution in [0, 0.1) is 12.8 Å². The van der Waals surface area contributed by atoms with E-state index in [1.54, 1.807) is 0 Å². The highest BCUT2D eigenvalue weighted by Gasteiger charge is 2.37. The molecule has 0 aromatic carbocycles. The number of hydrogen-bond donors (Lipinski definition) is 2. The number of nitrogens with one attached hydrogen (secondary N) is 2. The average Bonchev–Trinajstić information content (AvgIpc) is 3.34. The number of nitrogens with zero attached hydrogens (tertiary/aromatic N) is 3. The quantitative estimate of drug-likeness (QED) is 0.377. The highest BCUT2D eigenvalue weighted by molar-refractivity contribution is 14.0. The van der Waals surface area contributed by atoms with Gasteiger partial charge in [0.15, 0.2) is 5.96 Å². The zero-order valence-electron chi connectivity index (χ0n) is 16.4. The Hall–Kier alpha value is -1.05. The van der Waals surface area contributed by atoms with Crippen molar-refractivity contribution in [3.63, 3.8) is 0 Å². The van der Waals surface area contributed by atoms with Crippen molar-refractivity contribution in [1.29, 1.82) is 0 Å². The maximum atomic E-state index is 4.65. The summed E-state index contributed by atoms with van der Waals surface area (Å²) in [4.78, 5) is 11.6. The van der Waals surface area contributed by atoms with E-state index in [2.05, 4.69) is 58.4 Å². The molecular formula is C20H34IN5. The summed E-state index contributed by atoms with van der Waals surface area (Å²) in [5.74, 6) is 2.96. The molecule has 1 aromatic heterocycles. The van der Waals surface area contributed by atoms with Crippen LogP contribution in [-0.2, 0) is 0 Å². The molecule has 2 aliphatic rings. The van der Waals surface area contributed by atoms with E-state index in [4.69, 9.17) is 0 Å². The van der Waals surface area contributed by atoms with Crippen molar-refractivity contribution in [2.24, 2.45) is 10.9 Å². The zero-order chi connectivity index (χ0) is 17.6. The molecule has 146 valence electrons. The highest BCUT2D eigenvalue weighted by atomic mass is 127. The number of anilines is 1. The Morgan fingerprint density at radius 1 is 1.23 bits per heavy atom. The van der Waals surface area contributed by atoms with E-state index in [9.17, 15) is 0 Å². The van der Waals surface area contributed by atoms with Crippen LogP contribution in [-0.4, -0.2) is 42.7 Å². The largest absolute Gasteiger partial charge is 0.356 e. The van der Waals surface area contributed by atoms with Crippen LogP contribution in [0.15, 0.2) is 23.3 Å². The minimum atomic E-state index is 0. The number of hydrogen-bond acceptors (Lipinski definition) is 3. The molecule has 0 amide bonds. The lowest BCUT2D eigenvalue weighted by Gasteiger charge is -2.34. The van der Waals surface area contributed by atoms with Gasteiger partial charge >= 0.3 is 0 Å². The molecule has 3 rings (SSSR count). The number of aliphatic imine (C=N–C) groups is 1. The van der Waals surface area contributed by atoms with Gasteiger partial charge in [-0.05, 0) is 57.1 Å². The Balaban J connectivity index is 0.00000243. The van der Waals surface area contributed by atoms with Gasteiger partial charge < -0.3 is 15.5 Å². The van der Waals surface area contributed by atoms with Crippen molar-refractivity contribution in [3.05, 3.63) is 23.9 Å².